The molecule has 1 saturated heterocycles. The zero-order valence-electron chi connectivity index (χ0n) is 11.1. The van der Waals surface area contributed by atoms with Gasteiger partial charge in [0.2, 0.25) is 5.91 Å². The number of hydrogen-bond acceptors (Lipinski definition) is 2. The van der Waals surface area contributed by atoms with Gasteiger partial charge < -0.3 is 9.64 Å². The Morgan fingerprint density at radius 2 is 2.21 bits per heavy atom. The fraction of sp³-hybridized carbons (Fsp3) is 0.438. The highest BCUT2D eigenvalue weighted by atomic mass is 16.5. The Labute approximate surface area is 113 Å². The van der Waals surface area contributed by atoms with Crippen LogP contribution in [-0.2, 0) is 11.2 Å². The zero-order valence-corrected chi connectivity index (χ0v) is 11.1. The monoisotopic (exact) mass is 257 g/mol. The van der Waals surface area contributed by atoms with Crippen LogP contribution in [0.4, 0.5) is 0 Å². The van der Waals surface area contributed by atoms with E-state index in [0.717, 1.165) is 38.0 Å². The van der Waals surface area contributed by atoms with Crippen molar-refractivity contribution in [2.24, 2.45) is 0 Å². The molecule has 0 saturated carbocycles. The summed E-state index contributed by atoms with van der Waals surface area (Å²) in [6.07, 6.45) is 5.46. The van der Waals surface area contributed by atoms with Crippen LogP contribution in [0.25, 0.3) is 0 Å². The molecule has 19 heavy (non-hydrogen) atoms. The van der Waals surface area contributed by atoms with Crippen LogP contribution in [0.5, 0.6) is 5.75 Å². The Kier molecular flexibility index (Phi) is 3.05. The van der Waals surface area contributed by atoms with E-state index >= 15 is 0 Å². The Hall–Kier alpha value is -1.77. The lowest BCUT2D eigenvalue weighted by Crippen LogP contribution is -2.54. The van der Waals surface area contributed by atoms with Gasteiger partial charge in [0.25, 0.3) is 0 Å². The van der Waals surface area contributed by atoms with Gasteiger partial charge in [-0.1, -0.05) is 24.8 Å². The molecule has 1 aromatic carbocycles. The number of likely N-dealkylation sites (tertiary alicyclic amines) is 1. The predicted molar refractivity (Wildman–Crippen MR) is 74.1 cm³/mol. The van der Waals surface area contributed by atoms with E-state index in [2.05, 4.69) is 18.7 Å². The Morgan fingerprint density at radius 3 is 3.05 bits per heavy atom. The first-order valence-corrected chi connectivity index (χ1v) is 6.91. The fourth-order valence-electron chi connectivity index (χ4n) is 3.16. The summed E-state index contributed by atoms with van der Waals surface area (Å²) in [6, 6.07) is 8.21. The molecule has 0 bridgehead atoms. The van der Waals surface area contributed by atoms with Crippen molar-refractivity contribution >= 4 is 5.91 Å². The van der Waals surface area contributed by atoms with Crippen molar-refractivity contribution in [1.82, 2.24) is 4.90 Å². The first-order valence-electron chi connectivity index (χ1n) is 6.91. The largest absolute Gasteiger partial charge is 0.485 e. The highest BCUT2D eigenvalue weighted by molar-refractivity contribution is 5.87. The highest BCUT2D eigenvalue weighted by Gasteiger charge is 2.41. The molecule has 3 rings (SSSR count). The molecular formula is C16H19NO2. The zero-order chi connectivity index (χ0) is 13.3. The molecule has 1 atom stereocenters. The topological polar surface area (TPSA) is 29.5 Å². The maximum absolute atomic E-state index is 11.8. The second-order valence-electron chi connectivity index (χ2n) is 5.46. The van der Waals surface area contributed by atoms with E-state index in [-0.39, 0.29) is 11.5 Å². The van der Waals surface area contributed by atoms with Gasteiger partial charge in [-0.25, -0.2) is 0 Å². The minimum atomic E-state index is -0.189. The van der Waals surface area contributed by atoms with Crippen LogP contribution >= 0.6 is 0 Å². The van der Waals surface area contributed by atoms with Gasteiger partial charge in [0.1, 0.15) is 11.4 Å². The van der Waals surface area contributed by atoms with Gasteiger partial charge in [0.15, 0.2) is 0 Å². The molecule has 0 N–H and O–H groups in total. The summed E-state index contributed by atoms with van der Waals surface area (Å²) in [4.78, 5) is 13.7. The number of carbonyl (C=O) groups excluding carboxylic acids is 1. The van der Waals surface area contributed by atoms with E-state index < -0.39 is 0 Å². The van der Waals surface area contributed by atoms with Crippen molar-refractivity contribution in [3.05, 3.63) is 42.5 Å². The number of hydrogen-bond donors (Lipinski definition) is 0. The lowest BCUT2D eigenvalue weighted by atomic mass is 9.84. The first-order chi connectivity index (χ1) is 9.22. The third-order valence-electron chi connectivity index (χ3n) is 4.17. The van der Waals surface area contributed by atoms with Gasteiger partial charge in [-0.15, -0.1) is 0 Å². The molecule has 2 heterocycles. The number of benzene rings is 1. The Balaban J connectivity index is 1.81. The van der Waals surface area contributed by atoms with Crippen molar-refractivity contribution in [1.29, 1.82) is 0 Å². The van der Waals surface area contributed by atoms with Gasteiger partial charge in [0.05, 0.1) is 6.54 Å². The summed E-state index contributed by atoms with van der Waals surface area (Å²) in [6.45, 7) is 5.08. The van der Waals surface area contributed by atoms with Crippen LogP contribution in [-0.4, -0.2) is 29.5 Å². The van der Waals surface area contributed by atoms with Crippen molar-refractivity contribution < 1.29 is 9.53 Å². The van der Waals surface area contributed by atoms with Gasteiger partial charge >= 0.3 is 0 Å². The molecule has 1 aromatic rings. The van der Waals surface area contributed by atoms with Crippen molar-refractivity contribution in [3.63, 3.8) is 0 Å². The standard InChI is InChI=1S/C16H19NO2/c1-2-15(18)17-11-5-9-16(12-17)10-8-13-6-3-4-7-14(13)19-16/h2-4,6-7H,1,5,8-12H2. The van der Waals surface area contributed by atoms with Crippen LogP contribution in [0.15, 0.2) is 36.9 Å². The van der Waals surface area contributed by atoms with Crippen LogP contribution < -0.4 is 4.74 Å². The van der Waals surface area contributed by atoms with E-state index in [0.29, 0.717) is 6.54 Å². The number of ether oxygens (including phenoxy) is 1. The van der Waals surface area contributed by atoms with E-state index in [1.54, 1.807) is 0 Å². The highest BCUT2D eigenvalue weighted by Crippen LogP contribution is 2.38. The van der Waals surface area contributed by atoms with Crippen LogP contribution in [0, 0.1) is 0 Å². The number of fused-ring (bicyclic) bond motifs is 1. The van der Waals surface area contributed by atoms with Crippen LogP contribution in [0.2, 0.25) is 0 Å². The minimum absolute atomic E-state index is 0.0153. The molecule has 2 aliphatic rings. The third kappa shape index (κ3) is 2.25. The maximum Gasteiger partial charge on any atom is 0.246 e. The normalized spacial score (nSPS) is 25.6. The molecule has 1 unspecified atom stereocenters. The molecule has 1 fully saturated rings. The lowest BCUT2D eigenvalue weighted by molar-refractivity contribution is -0.132. The van der Waals surface area contributed by atoms with Gasteiger partial charge in [-0.3, -0.25) is 4.79 Å². The molecule has 1 spiro atoms. The molecule has 0 aliphatic carbocycles. The summed E-state index contributed by atoms with van der Waals surface area (Å²) in [5.41, 5.74) is 1.09. The Morgan fingerprint density at radius 1 is 1.37 bits per heavy atom. The molecular weight excluding hydrogens is 238 g/mol. The fourth-order valence-corrected chi connectivity index (χ4v) is 3.16. The van der Waals surface area contributed by atoms with E-state index in [1.165, 1.54) is 11.6 Å². The number of amides is 1. The molecule has 2 aliphatic heterocycles. The van der Waals surface area contributed by atoms with Gasteiger partial charge in [-0.05, 0) is 43.4 Å². The number of piperidine rings is 1. The summed E-state index contributed by atoms with van der Waals surface area (Å²) >= 11 is 0. The quantitative estimate of drug-likeness (QED) is 0.724. The molecule has 0 aromatic heterocycles. The molecule has 1 amide bonds. The second-order valence-corrected chi connectivity index (χ2v) is 5.46. The summed E-state index contributed by atoms with van der Waals surface area (Å²) in [5.74, 6) is 1.00. The third-order valence-corrected chi connectivity index (χ3v) is 4.17. The summed E-state index contributed by atoms with van der Waals surface area (Å²) < 4.78 is 6.26. The number of rotatable bonds is 1. The smallest absolute Gasteiger partial charge is 0.246 e. The molecule has 3 nitrogen and oxygen atoms in total. The number of carbonyl (C=O) groups is 1. The maximum atomic E-state index is 11.8. The SMILES string of the molecule is C=CC(=O)N1CCCC2(CCc3ccccc3O2)C1. The number of nitrogens with zero attached hydrogens (tertiary/aromatic N) is 1. The van der Waals surface area contributed by atoms with E-state index in [1.807, 2.05) is 17.0 Å². The van der Waals surface area contributed by atoms with Crippen LogP contribution in [0.3, 0.4) is 0 Å². The number of aryl methyl sites for hydroxylation is 1. The summed E-state index contributed by atoms with van der Waals surface area (Å²) in [7, 11) is 0. The first kappa shape index (κ1) is 12.3. The lowest BCUT2D eigenvalue weighted by Gasteiger charge is -2.45. The van der Waals surface area contributed by atoms with Crippen molar-refractivity contribution in [2.75, 3.05) is 13.1 Å². The van der Waals surface area contributed by atoms with Crippen LogP contribution in [0.1, 0.15) is 24.8 Å². The molecule has 0 radical (unpaired) electrons. The van der Waals surface area contributed by atoms with E-state index in [9.17, 15) is 4.79 Å². The number of para-hydroxylation sites is 1. The van der Waals surface area contributed by atoms with E-state index in [4.69, 9.17) is 4.74 Å². The molecule has 100 valence electrons. The van der Waals surface area contributed by atoms with Crippen molar-refractivity contribution in [2.45, 2.75) is 31.3 Å². The average Bonchev–Trinajstić information content (AvgIpc) is 2.46. The van der Waals surface area contributed by atoms with Crippen molar-refractivity contribution in [3.8, 4) is 5.75 Å². The second kappa shape index (κ2) is 4.72. The minimum Gasteiger partial charge on any atom is -0.485 e. The Bertz CT molecular complexity index is 511. The molecule has 3 heteroatoms. The summed E-state index contributed by atoms with van der Waals surface area (Å²) in [5, 5.41) is 0. The van der Waals surface area contributed by atoms with Gasteiger partial charge in [-0.2, -0.15) is 0 Å². The average molecular weight is 257 g/mol. The van der Waals surface area contributed by atoms with Gasteiger partial charge in [0, 0.05) is 6.54 Å². The predicted octanol–water partition coefficient (Wildman–Crippen LogP) is 2.56.